The first-order valence-electron chi connectivity index (χ1n) is 7.07. The number of phenols is 1. The lowest BCUT2D eigenvalue weighted by Gasteiger charge is -2.21. The molecule has 3 heteroatoms. The number of aromatic hydroxyl groups is 1. The van der Waals surface area contributed by atoms with Gasteiger partial charge in [0.05, 0.1) is 9.47 Å². The van der Waals surface area contributed by atoms with Gasteiger partial charge < -0.3 is 9.63 Å². The Bertz CT molecular complexity index is 692. The van der Waals surface area contributed by atoms with Crippen LogP contribution in [0.25, 0.3) is 11.1 Å². The quantitative estimate of drug-likeness (QED) is 0.784. The van der Waals surface area contributed by atoms with E-state index in [1.165, 1.54) is 11.1 Å². The molecule has 0 saturated heterocycles. The molecule has 0 spiro atoms. The van der Waals surface area contributed by atoms with Crippen molar-refractivity contribution in [1.82, 2.24) is 0 Å². The molecule has 1 unspecified atom stereocenters. The summed E-state index contributed by atoms with van der Waals surface area (Å²) in [7, 11) is 2.33. The molecule has 112 valence electrons. The lowest BCUT2D eigenvalue weighted by molar-refractivity contribution is 0.472. The van der Waals surface area contributed by atoms with E-state index in [2.05, 4.69) is 36.3 Å². The van der Waals surface area contributed by atoms with Crippen LogP contribution < -0.4 is 4.52 Å². The zero-order chi connectivity index (χ0) is 15.9. The molecule has 0 saturated carbocycles. The van der Waals surface area contributed by atoms with Gasteiger partial charge in [-0.3, -0.25) is 0 Å². The zero-order valence-electron chi connectivity index (χ0n) is 13.6. The molecule has 0 aliphatic heterocycles. The van der Waals surface area contributed by atoms with Gasteiger partial charge in [0.1, 0.15) is 11.5 Å². The third kappa shape index (κ3) is 2.53. The van der Waals surface area contributed by atoms with E-state index in [9.17, 15) is 5.11 Å². The number of benzene rings is 2. The van der Waals surface area contributed by atoms with Crippen LogP contribution in [0.4, 0.5) is 0 Å². The largest absolute Gasteiger partial charge is 0.507 e. The molecule has 0 bridgehead atoms. The lowest BCUT2D eigenvalue weighted by Crippen LogP contribution is -1.98. The Hall–Kier alpha value is -1.53. The average Bonchev–Trinajstić information content (AvgIpc) is 2.42. The van der Waals surface area contributed by atoms with E-state index in [1.54, 1.807) is 0 Å². The molecule has 2 aromatic carbocycles. The molecule has 0 fully saturated rings. The third-order valence-corrected chi connectivity index (χ3v) is 4.60. The highest BCUT2D eigenvalue weighted by Crippen LogP contribution is 2.45. The van der Waals surface area contributed by atoms with E-state index in [0.717, 1.165) is 39.1 Å². The Kier molecular flexibility index (Phi) is 4.30. The molecule has 21 heavy (non-hydrogen) atoms. The maximum atomic E-state index is 10.6. The second-order valence-electron chi connectivity index (χ2n) is 5.82. The fraction of sp³-hybridized carbons (Fsp3) is 0.333. The van der Waals surface area contributed by atoms with Crippen molar-refractivity contribution in [3.05, 3.63) is 45.5 Å². The van der Waals surface area contributed by atoms with Gasteiger partial charge in [0.2, 0.25) is 0 Å². The van der Waals surface area contributed by atoms with Gasteiger partial charge in [-0.1, -0.05) is 12.1 Å². The fourth-order valence-corrected chi connectivity index (χ4v) is 3.20. The van der Waals surface area contributed by atoms with Gasteiger partial charge in [-0.05, 0) is 74.9 Å². The fourth-order valence-electron chi connectivity index (χ4n) is 2.90. The second kappa shape index (κ2) is 5.69. The van der Waals surface area contributed by atoms with Crippen LogP contribution in [0.15, 0.2) is 12.1 Å². The number of hydrogen-bond donors (Lipinski definition) is 1. The highest BCUT2D eigenvalue weighted by molar-refractivity contribution is 7.10. The Morgan fingerprint density at radius 2 is 1.24 bits per heavy atom. The number of phenolic OH excluding ortho intramolecular Hbond substituents is 1. The van der Waals surface area contributed by atoms with Crippen LogP contribution in [0.5, 0.6) is 11.5 Å². The minimum absolute atomic E-state index is 0.342. The minimum Gasteiger partial charge on any atom is -0.507 e. The van der Waals surface area contributed by atoms with Gasteiger partial charge >= 0.3 is 0 Å². The monoisotopic (exact) mass is 302 g/mol. The van der Waals surface area contributed by atoms with Crippen LogP contribution in [0.2, 0.25) is 0 Å². The molecule has 1 atom stereocenters. The van der Waals surface area contributed by atoms with Crippen LogP contribution in [0.1, 0.15) is 33.4 Å². The number of hydrogen-bond acceptors (Lipinski definition) is 2. The van der Waals surface area contributed by atoms with Crippen molar-refractivity contribution in [2.75, 3.05) is 0 Å². The first-order valence-corrected chi connectivity index (χ1v) is 7.54. The molecule has 1 N–H and O–H groups in total. The van der Waals surface area contributed by atoms with Gasteiger partial charge in [0, 0.05) is 11.1 Å². The predicted molar refractivity (Wildman–Crippen MR) is 92.3 cm³/mol. The molecule has 0 amide bonds. The van der Waals surface area contributed by atoms with Gasteiger partial charge in [-0.25, -0.2) is 0 Å². The van der Waals surface area contributed by atoms with Crippen LogP contribution in [-0.2, 0) is 0 Å². The Morgan fingerprint density at radius 3 is 1.76 bits per heavy atom. The molecule has 2 rings (SSSR count). The highest BCUT2D eigenvalue weighted by atomic mass is 31.0. The first-order chi connectivity index (χ1) is 9.79. The summed E-state index contributed by atoms with van der Waals surface area (Å²) < 4.78 is 5.56. The van der Waals surface area contributed by atoms with Crippen molar-refractivity contribution in [3.63, 3.8) is 0 Å². The van der Waals surface area contributed by atoms with Gasteiger partial charge in [-0.2, -0.15) is 0 Å². The normalized spacial score (nSPS) is 10.8. The van der Waals surface area contributed by atoms with E-state index in [4.69, 9.17) is 4.52 Å². The Labute approximate surface area is 129 Å². The molecule has 0 aliphatic carbocycles. The summed E-state index contributed by atoms with van der Waals surface area (Å²) in [5.41, 5.74) is 8.44. The van der Waals surface area contributed by atoms with E-state index in [-0.39, 0.29) is 0 Å². The van der Waals surface area contributed by atoms with Crippen molar-refractivity contribution < 1.29 is 9.63 Å². The van der Waals surface area contributed by atoms with Crippen molar-refractivity contribution in [3.8, 4) is 22.6 Å². The van der Waals surface area contributed by atoms with Crippen LogP contribution in [0, 0.1) is 41.5 Å². The van der Waals surface area contributed by atoms with Crippen molar-refractivity contribution in [1.29, 1.82) is 0 Å². The maximum Gasteiger partial charge on any atom is 0.133 e. The molecule has 0 aromatic heterocycles. The molecular formula is C18H23O2P. The van der Waals surface area contributed by atoms with E-state index in [0.29, 0.717) is 5.75 Å². The summed E-state index contributed by atoms with van der Waals surface area (Å²) in [5.74, 6) is 1.15. The first kappa shape index (κ1) is 15.9. The standard InChI is InChI=1S/C18H23O2P/c1-9-7-11(3)17(19)15(13(9)5)16-14(6)10(2)8-12(4)18(16)20-21/h7-8,19H,21H2,1-6H3. The van der Waals surface area contributed by atoms with Crippen molar-refractivity contribution in [2.45, 2.75) is 41.5 Å². The molecule has 2 aromatic rings. The Morgan fingerprint density at radius 1 is 0.762 bits per heavy atom. The van der Waals surface area contributed by atoms with Crippen LogP contribution in [-0.4, -0.2) is 5.11 Å². The van der Waals surface area contributed by atoms with E-state index in [1.807, 2.05) is 26.8 Å². The highest BCUT2D eigenvalue weighted by Gasteiger charge is 2.21. The van der Waals surface area contributed by atoms with E-state index < -0.39 is 0 Å². The molecule has 0 aliphatic rings. The molecule has 0 radical (unpaired) electrons. The van der Waals surface area contributed by atoms with Crippen molar-refractivity contribution >= 4 is 9.47 Å². The molecule has 0 heterocycles. The number of aryl methyl sites for hydroxylation is 4. The van der Waals surface area contributed by atoms with E-state index >= 15 is 0 Å². The summed E-state index contributed by atoms with van der Waals surface area (Å²) in [6.07, 6.45) is 0. The predicted octanol–water partition coefficient (Wildman–Crippen LogP) is 5.08. The summed E-state index contributed by atoms with van der Waals surface area (Å²) >= 11 is 0. The smallest absolute Gasteiger partial charge is 0.133 e. The molecular weight excluding hydrogens is 279 g/mol. The van der Waals surface area contributed by atoms with Crippen molar-refractivity contribution in [2.24, 2.45) is 0 Å². The number of rotatable bonds is 2. The van der Waals surface area contributed by atoms with Crippen LogP contribution >= 0.6 is 9.47 Å². The topological polar surface area (TPSA) is 29.5 Å². The molecule has 2 nitrogen and oxygen atoms in total. The average molecular weight is 302 g/mol. The Balaban J connectivity index is 2.98. The summed E-state index contributed by atoms with van der Waals surface area (Å²) in [6.45, 7) is 12.3. The zero-order valence-corrected chi connectivity index (χ0v) is 14.7. The SMILES string of the molecule is Cc1cc(C)c(O)c(-c2c(C)c(C)cc(C)c2OP)c1C. The second-order valence-corrected chi connectivity index (χ2v) is 6.05. The van der Waals surface area contributed by atoms with Gasteiger partial charge in [0.25, 0.3) is 0 Å². The summed E-state index contributed by atoms with van der Waals surface area (Å²) in [5, 5.41) is 10.6. The van der Waals surface area contributed by atoms with Crippen LogP contribution in [0.3, 0.4) is 0 Å². The maximum absolute atomic E-state index is 10.6. The summed E-state index contributed by atoms with van der Waals surface area (Å²) in [4.78, 5) is 0. The van der Waals surface area contributed by atoms with Gasteiger partial charge in [0.15, 0.2) is 0 Å². The minimum atomic E-state index is 0.342. The lowest BCUT2D eigenvalue weighted by atomic mass is 9.87. The third-order valence-electron chi connectivity index (χ3n) is 4.36. The van der Waals surface area contributed by atoms with Gasteiger partial charge in [-0.15, -0.1) is 0 Å². The summed E-state index contributed by atoms with van der Waals surface area (Å²) in [6, 6.07) is 4.14.